The number of benzene rings is 1. The lowest BCUT2D eigenvalue weighted by Gasteiger charge is -2.19. The maximum absolute atomic E-state index is 12.4. The summed E-state index contributed by atoms with van der Waals surface area (Å²) in [5, 5.41) is 5.57. The molecule has 8 heteroatoms. The molecule has 3 rings (SSSR count). The third-order valence-corrected chi connectivity index (χ3v) is 4.38. The van der Waals surface area contributed by atoms with Gasteiger partial charge in [0.15, 0.2) is 0 Å². The zero-order valence-corrected chi connectivity index (χ0v) is 14.6. The molecule has 0 radical (unpaired) electrons. The number of ether oxygens (including phenoxy) is 1. The molecule has 4 amide bonds. The third kappa shape index (κ3) is 3.58. The van der Waals surface area contributed by atoms with Crippen LogP contribution in [0.4, 0.5) is 4.79 Å². The van der Waals surface area contributed by atoms with Gasteiger partial charge in [-0.25, -0.2) is 4.79 Å². The molecule has 1 atom stereocenters. The first-order chi connectivity index (χ1) is 12.5. The zero-order valence-electron chi connectivity index (χ0n) is 14.6. The Kier molecular flexibility index (Phi) is 5.01. The van der Waals surface area contributed by atoms with Crippen molar-refractivity contribution in [2.24, 2.45) is 0 Å². The van der Waals surface area contributed by atoms with Crippen molar-refractivity contribution in [1.82, 2.24) is 20.5 Å². The highest BCUT2D eigenvalue weighted by atomic mass is 16.5. The molecule has 136 valence electrons. The van der Waals surface area contributed by atoms with E-state index in [4.69, 9.17) is 4.74 Å². The van der Waals surface area contributed by atoms with Crippen LogP contribution < -0.4 is 15.4 Å². The average Bonchev–Trinajstić information content (AvgIpc) is 2.97. The Morgan fingerprint density at radius 2 is 2.12 bits per heavy atom. The van der Waals surface area contributed by atoms with Gasteiger partial charge in [0.25, 0.3) is 5.91 Å². The fraction of sp³-hybridized carbons (Fsp3) is 0.333. The van der Waals surface area contributed by atoms with Gasteiger partial charge in [0.1, 0.15) is 17.3 Å². The molecular formula is C18H20N4O4. The van der Waals surface area contributed by atoms with Crippen molar-refractivity contribution < 1.29 is 19.1 Å². The predicted octanol–water partition coefficient (Wildman–Crippen LogP) is 1.19. The summed E-state index contributed by atoms with van der Waals surface area (Å²) in [6.45, 7) is 0.411. The Labute approximate surface area is 150 Å². The van der Waals surface area contributed by atoms with Gasteiger partial charge in [-0.1, -0.05) is 12.1 Å². The Bertz CT molecular complexity index is 867. The van der Waals surface area contributed by atoms with Crippen LogP contribution in [-0.4, -0.2) is 47.9 Å². The summed E-state index contributed by atoms with van der Waals surface area (Å²) in [7, 11) is 3.30. The van der Waals surface area contributed by atoms with Gasteiger partial charge >= 0.3 is 6.03 Å². The van der Waals surface area contributed by atoms with Crippen LogP contribution in [0, 0.1) is 0 Å². The van der Waals surface area contributed by atoms with Crippen molar-refractivity contribution in [1.29, 1.82) is 0 Å². The Morgan fingerprint density at radius 3 is 2.81 bits per heavy atom. The number of carbonyl (C=O) groups excluding carboxylic acids is 3. The first-order valence-corrected chi connectivity index (χ1v) is 8.25. The van der Waals surface area contributed by atoms with E-state index in [0.29, 0.717) is 12.3 Å². The predicted molar refractivity (Wildman–Crippen MR) is 94.5 cm³/mol. The van der Waals surface area contributed by atoms with Crippen molar-refractivity contribution in [3.8, 4) is 5.75 Å². The number of fused-ring (bicyclic) bond motifs is 1. The molecule has 0 spiro atoms. The van der Waals surface area contributed by atoms with E-state index in [1.54, 1.807) is 25.3 Å². The highest BCUT2D eigenvalue weighted by Gasteiger charge is 2.29. The van der Waals surface area contributed by atoms with E-state index in [-0.39, 0.29) is 18.7 Å². The summed E-state index contributed by atoms with van der Waals surface area (Å²) in [4.78, 5) is 41.0. The van der Waals surface area contributed by atoms with Crippen molar-refractivity contribution in [2.75, 3.05) is 14.2 Å². The number of nitrogens with one attached hydrogen (secondary N) is 2. The average molecular weight is 356 g/mol. The maximum atomic E-state index is 12.4. The molecule has 1 aromatic carbocycles. The Hall–Kier alpha value is -3.16. The number of imide groups is 1. The summed E-state index contributed by atoms with van der Waals surface area (Å²) in [6.07, 6.45) is 2.14. The number of carbonyl (C=O) groups is 3. The van der Waals surface area contributed by atoms with Crippen LogP contribution in [0.5, 0.6) is 5.75 Å². The van der Waals surface area contributed by atoms with Gasteiger partial charge in [-0.15, -0.1) is 0 Å². The minimum absolute atomic E-state index is 0.105. The molecule has 8 nitrogen and oxygen atoms in total. The molecule has 1 fully saturated rings. The SMILES string of the molecule is COc1ccc(CN(C)C(=O)CC[C@@H]2NC(=O)NC2=O)c2cccnc12. The van der Waals surface area contributed by atoms with Crippen LogP contribution in [-0.2, 0) is 16.1 Å². The topological polar surface area (TPSA) is 101 Å². The minimum Gasteiger partial charge on any atom is -0.494 e. The third-order valence-electron chi connectivity index (χ3n) is 4.38. The summed E-state index contributed by atoms with van der Waals surface area (Å²) in [6, 6.07) is 6.37. The maximum Gasteiger partial charge on any atom is 0.322 e. The Balaban J connectivity index is 1.67. The molecule has 1 aliphatic rings. The van der Waals surface area contributed by atoms with Crippen LogP contribution in [0.1, 0.15) is 18.4 Å². The van der Waals surface area contributed by atoms with E-state index in [1.165, 1.54) is 0 Å². The number of pyridine rings is 1. The van der Waals surface area contributed by atoms with Crippen molar-refractivity contribution in [3.63, 3.8) is 0 Å². The van der Waals surface area contributed by atoms with Gasteiger partial charge in [0.2, 0.25) is 5.91 Å². The lowest BCUT2D eigenvalue weighted by atomic mass is 10.1. The number of aromatic nitrogens is 1. The molecule has 1 saturated heterocycles. The van der Waals surface area contributed by atoms with Crippen LogP contribution in [0.15, 0.2) is 30.5 Å². The summed E-state index contributed by atoms with van der Waals surface area (Å²) < 4.78 is 5.33. The van der Waals surface area contributed by atoms with Crippen molar-refractivity contribution >= 4 is 28.7 Å². The van der Waals surface area contributed by atoms with Crippen molar-refractivity contribution in [3.05, 3.63) is 36.0 Å². The van der Waals surface area contributed by atoms with Crippen LogP contribution in [0.2, 0.25) is 0 Å². The monoisotopic (exact) mass is 356 g/mol. The summed E-state index contributed by atoms with van der Waals surface area (Å²) >= 11 is 0. The summed E-state index contributed by atoms with van der Waals surface area (Å²) in [5.41, 5.74) is 1.70. The summed E-state index contributed by atoms with van der Waals surface area (Å²) in [5.74, 6) is 0.186. The lowest BCUT2D eigenvalue weighted by Crippen LogP contribution is -2.32. The first kappa shape index (κ1) is 17.7. The van der Waals surface area contributed by atoms with E-state index in [1.807, 2.05) is 24.3 Å². The minimum atomic E-state index is -0.647. The normalized spacial score (nSPS) is 16.3. The van der Waals surface area contributed by atoms with Gasteiger partial charge in [-0.3, -0.25) is 19.9 Å². The second kappa shape index (κ2) is 7.38. The molecule has 0 saturated carbocycles. The van der Waals surface area contributed by atoms with E-state index < -0.39 is 18.0 Å². The molecule has 2 heterocycles. The molecule has 0 aliphatic carbocycles. The number of nitrogens with zero attached hydrogens (tertiary/aromatic N) is 2. The number of amides is 4. The molecule has 1 aromatic heterocycles. The molecule has 2 N–H and O–H groups in total. The zero-order chi connectivity index (χ0) is 18.7. The van der Waals surface area contributed by atoms with Crippen molar-refractivity contribution in [2.45, 2.75) is 25.4 Å². The number of hydrogen-bond acceptors (Lipinski definition) is 5. The van der Waals surface area contributed by atoms with E-state index in [9.17, 15) is 14.4 Å². The molecule has 0 unspecified atom stereocenters. The molecule has 0 bridgehead atoms. The fourth-order valence-electron chi connectivity index (χ4n) is 2.97. The van der Waals surface area contributed by atoms with Gasteiger partial charge < -0.3 is 15.0 Å². The second-order valence-corrected chi connectivity index (χ2v) is 6.13. The van der Waals surface area contributed by atoms with E-state index >= 15 is 0 Å². The van der Waals surface area contributed by atoms with Crippen LogP contribution in [0.25, 0.3) is 10.9 Å². The van der Waals surface area contributed by atoms with Crippen LogP contribution >= 0.6 is 0 Å². The largest absolute Gasteiger partial charge is 0.494 e. The Morgan fingerprint density at radius 1 is 1.31 bits per heavy atom. The lowest BCUT2D eigenvalue weighted by molar-refractivity contribution is -0.130. The number of rotatable bonds is 6. The number of urea groups is 1. The van der Waals surface area contributed by atoms with E-state index in [0.717, 1.165) is 16.5 Å². The molecular weight excluding hydrogens is 336 g/mol. The standard InChI is InChI=1S/C18H20N4O4/c1-22(15(23)8-6-13-17(24)21-18(25)20-13)10-11-5-7-14(26-2)16-12(11)4-3-9-19-16/h3-5,7,9,13H,6,8,10H2,1-2H3,(H2,20,21,24,25)/t13-/m0/s1. The van der Waals surface area contributed by atoms with Gasteiger partial charge in [0, 0.05) is 31.6 Å². The molecule has 2 aromatic rings. The number of hydrogen-bond donors (Lipinski definition) is 2. The second-order valence-electron chi connectivity index (χ2n) is 6.13. The highest BCUT2D eigenvalue weighted by Crippen LogP contribution is 2.27. The van der Waals surface area contributed by atoms with Gasteiger partial charge in [0.05, 0.1) is 7.11 Å². The fourth-order valence-corrected chi connectivity index (χ4v) is 2.97. The molecule has 26 heavy (non-hydrogen) atoms. The number of methoxy groups -OCH3 is 1. The van der Waals surface area contributed by atoms with Gasteiger partial charge in [-0.2, -0.15) is 0 Å². The first-order valence-electron chi connectivity index (χ1n) is 8.25. The smallest absolute Gasteiger partial charge is 0.322 e. The van der Waals surface area contributed by atoms with Gasteiger partial charge in [-0.05, 0) is 24.1 Å². The quantitative estimate of drug-likeness (QED) is 0.757. The van der Waals surface area contributed by atoms with Crippen LogP contribution in [0.3, 0.4) is 0 Å². The highest BCUT2D eigenvalue weighted by molar-refractivity contribution is 6.04. The van der Waals surface area contributed by atoms with E-state index in [2.05, 4.69) is 15.6 Å². The molecule has 1 aliphatic heterocycles.